The summed E-state index contributed by atoms with van der Waals surface area (Å²) >= 11 is 11.4. The zero-order valence-electron chi connectivity index (χ0n) is 8.15. The standard InChI is InChI=1S/C11H8Cl2N2O/c12-8-1-3-9(4-2-8)15-14-7-10-5-6-11(13)16-10/h1-7,15H/b14-7+. The monoisotopic (exact) mass is 254 g/mol. The number of anilines is 1. The van der Waals surface area contributed by atoms with E-state index in [2.05, 4.69) is 10.5 Å². The van der Waals surface area contributed by atoms with Gasteiger partial charge >= 0.3 is 0 Å². The van der Waals surface area contributed by atoms with E-state index >= 15 is 0 Å². The van der Waals surface area contributed by atoms with Crippen molar-refractivity contribution in [2.75, 3.05) is 5.43 Å². The van der Waals surface area contributed by atoms with E-state index in [1.165, 1.54) is 0 Å². The first kappa shape index (κ1) is 11.0. The first-order valence-electron chi connectivity index (χ1n) is 4.54. The number of halogens is 2. The minimum Gasteiger partial charge on any atom is -0.444 e. The summed E-state index contributed by atoms with van der Waals surface area (Å²) in [5.74, 6) is 0.589. The van der Waals surface area contributed by atoms with Crippen LogP contribution in [0.1, 0.15) is 5.76 Å². The molecule has 0 spiro atoms. The van der Waals surface area contributed by atoms with Crippen LogP contribution in [0.2, 0.25) is 10.2 Å². The molecule has 0 saturated heterocycles. The lowest BCUT2D eigenvalue weighted by Crippen LogP contribution is -1.88. The predicted octanol–water partition coefficient (Wildman–Crippen LogP) is 4.03. The van der Waals surface area contributed by atoms with Crippen LogP contribution in [0.25, 0.3) is 0 Å². The van der Waals surface area contributed by atoms with Gasteiger partial charge in [-0.15, -0.1) is 0 Å². The van der Waals surface area contributed by atoms with Gasteiger partial charge in [0.1, 0.15) is 5.76 Å². The van der Waals surface area contributed by atoms with Crippen LogP contribution in [0.4, 0.5) is 5.69 Å². The molecule has 3 nitrogen and oxygen atoms in total. The van der Waals surface area contributed by atoms with E-state index in [9.17, 15) is 0 Å². The molecule has 0 aliphatic carbocycles. The average molecular weight is 255 g/mol. The van der Waals surface area contributed by atoms with Crippen molar-refractivity contribution in [3.63, 3.8) is 0 Å². The molecule has 0 radical (unpaired) electrons. The van der Waals surface area contributed by atoms with Gasteiger partial charge in [0.25, 0.3) is 0 Å². The van der Waals surface area contributed by atoms with Gasteiger partial charge in [-0.3, -0.25) is 5.43 Å². The van der Waals surface area contributed by atoms with Gasteiger partial charge in [-0.25, -0.2) is 0 Å². The minimum absolute atomic E-state index is 0.341. The van der Waals surface area contributed by atoms with Crippen LogP contribution in [0.3, 0.4) is 0 Å². The van der Waals surface area contributed by atoms with Crippen LogP contribution in [0.5, 0.6) is 0 Å². The van der Waals surface area contributed by atoms with Crippen molar-refractivity contribution in [1.82, 2.24) is 0 Å². The smallest absolute Gasteiger partial charge is 0.193 e. The van der Waals surface area contributed by atoms with Crippen molar-refractivity contribution >= 4 is 35.1 Å². The molecular weight excluding hydrogens is 247 g/mol. The quantitative estimate of drug-likeness (QED) is 0.664. The van der Waals surface area contributed by atoms with Crippen molar-refractivity contribution in [2.24, 2.45) is 5.10 Å². The molecule has 82 valence electrons. The molecule has 1 aromatic heterocycles. The fraction of sp³-hybridized carbons (Fsp3) is 0. The van der Waals surface area contributed by atoms with Crippen molar-refractivity contribution in [3.8, 4) is 0 Å². The maximum Gasteiger partial charge on any atom is 0.193 e. The lowest BCUT2D eigenvalue weighted by Gasteiger charge is -1.98. The highest BCUT2D eigenvalue weighted by molar-refractivity contribution is 6.30. The van der Waals surface area contributed by atoms with Gasteiger partial charge in [-0.2, -0.15) is 5.10 Å². The molecule has 0 aliphatic heterocycles. The van der Waals surface area contributed by atoms with Crippen LogP contribution < -0.4 is 5.43 Å². The predicted molar refractivity (Wildman–Crippen MR) is 66.4 cm³/mol. The van der Waals surface area contributed by atoms with Crippen LogP contribution in [0, 0.1) is 0 Å². The summed E-state index contributed by atoms with van der Waals surface area (Å²) in [7, 11) is 0. The Kier molecular flexibility index (Phi) is 3.49. The fourth-order valence-corrected chi connectivity index (χ4v) is 1.37. The van der Waals surface area contributed by atoms with Crippen molar-refractivity contribution in [3.05, 3.63) is 52.4 Å². The SMILES string of the molecule is Clc1ccc(N/N=C/c2ccc(Cl)o2)cc1. The van der Waals surface area contributed by atoms with Crippen LogP contribution in [-0.4, -0.2) is 6.21 Å². The third-order valence-corrected chi connectivity index (χ3v) is 2.28. The molecule has 16 heavy (non-hydrogen) atoms. The van der Waals surface area contributed by atoms with Gasteiger partial charge < -0.3 is 4.42 Å². The third-order valence-electron chi connectivity index (χ3n) is 1.82. The van der Waals surface area contributed by atoms with Crippen LogP contribution >= 0.6 is 23.2 Å². The first-order chi connectivity index (χ1) is 7.74. The summed E-state index contributed by atoms with van der Waals surface area (Å²) in [6.45, 7) is 0. The summed E-state index contributed by atoms with van der Waals surface area (Å²) < 4.78 is 5.10. The Morgan fingerprint density at radius 2 is 1.81 bits per heavy atom. The normalized spacial score (nSPS) is 10.9. The maximum atomic E-state index is 5.75. The summed E-state index contributed by atoms with van der Waals surface area (Å²) in [5.41, 5.74) is 3.68. The Bertz CT molecular complexity index is 491. The number of nitrogens with one attached hydrogen (secondary N) is 1. The van der Waals surface area contributed by atoms with E-state index in [0.717, 1.165) is 5.69 Å². The third kappa shape index (κ3) is 3.02. The summed E-state index contributed by atoms with van der Waals surface area (Å²) in [6.07, 6.45) is 1.54. The summed E-state index contributed by atoms with van der Waals surface area (Å²) in [4.78, 5) is 0. The molecule has 0 saturated carbocycles. The fourth-order valence-electron chi connectivity index (χ4n) is 1.09. The van der Waals surface area contributed by atoms with Gasteiger partial charge in [0.15, 0.2) is 5.22 Å². The summed E-state index contributed by atoms with van der Waals surface area (Å²) in [6, 6.07) is 10.6. The highest BCUT2D eigenvalue weighted by Gasteiger charge is 1.94. The number of hydrazone groups is 1. The molecule has 2 rings (SSSR count). The van der Waals surface area contributed by atoms with Gasteiger partial charge in [-0.05, 0) is 48.0 Å². The molecule has 0 atom stereocenters. The second-order valence-corrected chi connectivity index (χ2v) is 3.83. The molecule has 1 aromatic carbocycles. The summed E-state index contributed by atoms with van der Waals surface area (Å²) in [5, 5.41) is 5.01. The van der Waals surface area contributed by atoms with Crippen molar-refractivity contribution in [2.45, 2.75) is 0 Å². The lowest BCUT2D eigenvalue weighted by molar-refractivity contribution is 0.562. The Morgan fingerprint density at radius 3 is 2.44 bits per heavy atom. The molecule has 0 fully saturated rings. The highest BCUT2D eigenvalue weighted by Crippen LogP contribution is 2.14. The topological polar surface area (TPSA) is 37.5 Å². The van der Waals surface area contributed by atoms with Gasteiger partial charge in [0, 0.05) is 5.02 Å². The molecule has 0 bridgehead atoms. The van der Waals surface area contributed by atoms with E-state index in [4.69, 9.17) is 27.6 Å². The van der Waals surface area contributed by atoms with Crippen LogP contribution in [-0.2, 0) is 0 Å². The second kappa shape index (κ2) is 5.05. The molecule has 0 aliphatic rings. The number of benzene rings is 1. The van der Waals surface area contributed by atoms with Gasteiger partial charge in [-0.1, -0.05) is 11.6 Å². The van der Waals surface area contributed by atoms with E-state index in [1.54, 1.807) is 30.5 Å². The largest absolute Gasteiger partial charge is 0.444 e. The zero-order chi connectivity index (χ0) is 11.4. The van der Waals surface area contributed by atoms with Crippen molar-refractivity contribution in [1.29, 1.82) is 0 Å². The van der Waals surface area contributed by atoms with Gasteiger partial charge in [0.05, 0.1) is 11.9 Å². The number of hydrogen-bond donors (Lipinski definition) is 1. The maximum absolute atomic E-state index is 5.75. The van der Waals surface area contributed by atoms with E-state index in [0.29, 0.717) is 16.0 Å². The average Bonchev–Trinajstić information content (AvgIpc) is 2.67. The number of rotatable bonds is 3. The second-order valence-electron chi connectivity index (χ2n) is 3.02. The van der Waals surface area contributed by atoms with E-state index < -0.39 is 0 Å². The molecule has 1 N–H and O–H groups in total. The Morgan fingerprint density at radius 1 is 1.06 bits per heavy atom. The Balaban J connectivity index is 1.97. The minimum atomic E-state index is 0.341. The molecule has 1 heterocycles. The van der Waals surface area contributed by atoms with Crippen molar-refractivity contribution < 1.29 is 4.42 Å². The lowest BCUT2D eigenvalue weighted by atomic mass is 10.3. The zero-order valence-corrected chi connectivity index (χ0v) is 9.66. The number of hydrogen-bond acceptors (Lipinski definition) is 3. The molecule has 0 unspecified atom stereocenters. The molecule has 5 heteroatoms. The molecular formula is C11H8Cl2N2O. The molecule has 2 aromatic rings. The first-order valence-corrected chi connectivity index (χ1v) is 5.29. The van der Waals surface area contributed by atoms with Crippen LogP contribution in [0.15, 0.2) is 45.9 Å². The number of furan rings is 1. The highest BCUT2D eigenvalue weighted by atomic mass is 35.5. The number of nitrogens with zero attached hydrogens (tertiary/aromatic N) is 1. The van der Waals surface area contributed by atoms with Gasteiger partial charge in [0.2, 0.25) is 0 Å². The molecule has 0 amide bonds. The van der Waals surface area contributed by atoms with E-state index in [1.807, 2.05) is 12.1 Å². The Labute approximate surface area is 103 Å². The Hall–Kier alpha value is -1.45. The van der Waals surface area contributed by atoms with E-state index in [-0.39, 0.29) is 0 Å².